The van der Waals surface area contributed by atoms with Gasteiger partial charge in [-0.1, -0.05) is 6.08 Å². The van der Waals surface area contributed by atoms with Gasteiger partial charge in [0.15, 0.2) is 9.84 Å². The zero-order valence-corrected chi connectivity index (χ0v) is 7.26. The molecule has 66 valence electrons. The van der Waals surface area contributed by atoms with Gasteiger partial charge in [0.05, 0.1) is 12.5 Å². The molecule has 0 aliphatic heterocycles. The molecule has 0 unspecified atom stereocenters. The number of nitrogens with one attached hydrogen (secondary N) is 1. The lowest BCUT2D eigenvalue weighted by atomic mass is 10.3. The summed E-state index contributed by atoms with van der Waals surface area (Å²) in [5, 5.41) is 11.2. The second-order valence-corrected chi connectivity index (χ2v) is 4.44. The van der Waals surface area contributed by atoms with E-state index in [0.717, 1.165) is 6.26 Å². The lowest BCUT2D eigenvalue weighted by Gasteiger charge is -2.09. The summed E-state index contributed by atoms with van der Waals surface area (Å²) in [6.07, 6.45) is 2.59. The Morgan fingerprint density at radius 3 is 2.55 bits per heavy atom. The molecule has 0 saturated heterocycles. The van der Waals surface area contributed by atoms with Crippen LogP contribution in [-0.4, -0.2) is 38.3 Å². The first kappa shape index (κ1) is 10.6. The van der Waals surface area contributed by atoms with Gasteiger partial charge in [0.25, 0.3) is 0 Å². The predicted molar refractivity (Wildman–Crippen MR) is 43.9 cm³/mol. The van der Waals surface area contributed by atoms with Crippen LogP contribution < -0.4 is 5.32 Å². The highest BCUT2D eigenvalue weighted by molar-refractivity contribution is 7.90. The summed E-state index contributed by atoms with van der Waals surface area (Å²) < 4.78 is 21.2. The van der Waals surface area contributed by atoms with Crippen molar-refractivity contribution in [2.24, 2.45) is 0 Å². The molecule has 0 amide bonds. The van der Waals surface area contributed by atoms with E-state index in [2.05, 4.69) is 11.9 Å². The van der Waals surface area contributed by atoms with Gasteiger partial charge in [-0.15, -0.1) is 6.58 Å². The van der Waals surface area contributed by atoms with E-state index in [4.69, 9.17) is 5.11 Å². The maximum Gasteiger partial charge on any atom is 0.160 e. The van der Waals surface area contributed by atoms with Crippen LogP contribution in [0, 0.1) is 0 Å². The average molecular weight is 179 g/mol. The second-order valence-electron chi connectivity index (χ2n) is 2.30. The molecule has 0 rings (SSSR count). The second kappa shape index (κ2) is 4.48. The van der Waals surface area contributed by atoms with Gasteiger partial charge >= 0.3 is 0 Å². The SMILES string of the molecule is C=C[C@@H](CO)NCS(C)(=O)=O. The Kier molecular flexibility index (Phi) is 4.32. The maximum atomic E-state index is 10.6. The van der Waals surface area contributed by atoms with Gasteiger partial charge in [0, 0.05) is 12.3 Å². The van der Waals surface area contributed by atoms with Crippen molar-refractivity contribution in [3.63, 3.8) is 0 Å². The van der Waals surface area contributed by atoms with Crippen LogP contribution >= 0.6 is 0 Å². The smallest absolute Gasteiger partial charge is 0.160 e. The quantitative estimate of drug-likeness (QED) is 0.538. The molecule has 4 nitrogen and oxygen atoms in total. The molecule has 0 aromatic rings. The van der Waals surface area contributed by atoms with Crippen molar-refractivity contribution in [2.45, 2.75) is 6.04 Å². The fourth-order valence-corrected chi connectivity index (χ4v) is 0.998. The number of sulfone groups is 1. The van der Waals surface area contributed by atoms with Crippen LogP contribution in [0.15, 0.2) is 12.7 Å². The lowest BCUT2D eigenvalue weighted by molar-refractivity contribution is 0.268. The first-order valence-corrected chi connectivity index (χ1v) is 5.20. The van der Waals surface area contributed by atoms with E-state index < -0.39 is 9.84 Å². The summed E-state index contributed by atoms with van der Waals surface area (Å²) in [7, 11) is -3.01. The Morgan fingerprint density at radius 1 is 1.73 bits per heavy atom. The Labute approximate surface area is 66.8 Å². The van der Waals surface area contributed by atoms with Crippen molar-refractivity contribution >= 4 is 9.84 Å². The van der Waals surface area contributed by atoms with Gasteiger partial charge in [-0.2, -0.15) is 0 Å². The third kappa shape index (κ3) is 6.03. The molecule has 0 saturated carbocycles. The summed E-state index contributed by atoms with van der Waals surface area (Å²) in [6, 6.07) is -0.343. The van der Waals surface area contributed by atoms with E-state index in [9.17, 15) is 8.42 Å². The van der Waals surface area contributed by atoms with Gasteiger partial charge in [-0.3, -0.25) is 5.32 Å². The standard InChI is InChI=1S/C6H13NO3S/c1-3-6(4-8)7-5-11(2,9)10/h3,6-8H,1,4-5H2,2H3/t6-/m0/s1. The zero-order valence-electron chi connectivity index (χ0n) is 6.45. The molecule has 0 aromatic carbocycles. The van der Waals surface area contributed by atoms with Crippen LogP contribution in [0.5, 0.6) is 0 Å². The predicted octanol–water partition coefficient (Wildman–Crippen LogP) is -0.875. The van der Waals surface area contributed by atoms with Crippen molar-refractivity contribution in [1.29, 1.82) is 0 Å². The van der Waals surface area contributed by atoms with Crippen LogP contribution in [0.25, 0.3) is 0 Å². The van der Waals surface area contributed by atoms with Crippen molar-refractivity contribution in [3.8, 4) is 0 Å². The Hall–Kier alpha value is -0.390. The van der Waals surface area contributed by atoms with Gasteiger partial charge in [0.2, 0.25) is 0 Å². The molecule has 0 spiro atoms. The summed E-state index contributed by atoms with van der Waals surface area (Å²) >= 11 is 0. The molecule has 11 heavy (non-hydrogen) atoms. The molecular formula is C6H13NO3S. The highest BCUT2D eigenvalue weighted by Crippen LogP contribution is 1.84. The number of aliphatic hydroxyl groups is 1. The molecule has 5 heteroatoms. The zero-order chi connectivity index (χ0) is 8.91. The molecular weight excluding hydrogens is 166 g/mol. The van der Waals surface area contributed by atoms with Crippen molar-refractivity contribution in [1.82, 2.24) is 5.32 Å². The van der Waals surface area contributed by atoms with E-state index in [-0.39, 0.29) is 18.5 Å². The number of aliphatic hydroxyl groups excluding tert-OH is 1. The minimum Gasteiger partial charge on any atom is -0.394 e. The van der Waals surface area contributed by atoms with Crippen LogP contribution in [0.2, 0.25) is 0 Å². The minimum atomic E-state index is -3.01. The van der Waals surface area contributed by atoms with E-state index in [1.54, 1.807) is 0 Å². The first-order valence-electron chi connectivity index (χ1n) is 3.14. The van der Waals surface area contributed by atoms with Crippen LogP contribution in [-0.2, 0) is 9.84 Å². The summed E-state index contributed by atoms with van der Waals surface area (Å²) in [5.41, 5.74) is 0. The van der Waals surface area contributed by atoms with E-state index in [1.807, 2.05) is 0 Å². The molecule has 0 fully saturated rings. The molecule has 0 heterocycles. The largest absolute Gasteiger partial charge is 0.394 e. The van der Waals surface area contributed by atoms with Gasteiger partial charge in [-0.05, 0) is 0 Å². The molecule has 0 radical (unpaired) electrons. The Bertz CT molecular complexity index is 210. The topological polar surface area (TPSA) is 66.4 Å². The monoisotopic (exact) mass is 179 g/mol. The number of hydrogen-bond donors (Lipinski definition) is 2. The number of hydrogen-bond acceptors (Lipinski definition) is 4. The third-order valence-corrected chi connectivity index (χ3v) is 1.78. The van der Waals surface area contributed by atoms with Gasteiger partial charge < -0.3 is 5.11 Å². The van der Waals surface area contributed by atoms with Gasteiger partial charge in [-0.25, -0.2) is 8.42 Å². The lowest BCUT2D eigenvalue weighted by Crippen LogP contribution is -2.34. The summed E-state index contributed by atoms with van der Waals surface area (Å²) in [4.78, 5) is 0. The van der Waals surface area contributed by atoms with Crippen molar-refractivity contribution < 1.29 is 13.5 Å². The van der Waals surface area contributed by atoms with Crippen LogP contribution in [0.4, 0.5) is 0 Å². The van der Waals surface area contributed by atoms with Crippen molar-refractivity contribution in [3.05, 3.63) is 12.7 Å². The Morgan fingerprint density at radius 2 is 2.27 bits per heavy atom. The third-order valence-electron chi connectivity index (χ3n) is 1.09. The highest BCUT2D eigenvalue weighted by atomic mass is 32.2. The summed E-state index contributed by atoms with van der Waals surface area (Å²) in [5.74, 6) is -0.135. The van der Waals surface area contributed by atoms with E-state index >= 15 is 0 Å². The molecule has 0 aromatic heterocycles. The molecule has 0 bridgehead atoms. The highest BCUT2D eigenvalue weighted by Gasteiger charge is 2.05. The van der Waals surface area contributed by atoms with Crippen molar-refractivity contribution in [2.75, 3.05) is 18.7 Å². The maximum absolute atomic E-state index is 10.6. The van der Waals surface area contributed by atoms with E-state index in [1.165, 1.54) is 6.08 Å². The fraction of sp³-hybridized carbons (Fsp3) is 0.667. The summed E-state index contributed by atoms with van der Waals surface area (Å²) in [6.45, 7) is 3.28. The molecule has 2 N–H and O–H groups in total. The van der Waals surface area contributed by atoms with Crippen LogP contribution in [0.3, 0.4) is 0 Å². The average Bonchev–Trinajstić information content (AvgIpc) is 1.88. The normalized spacial score (nSPS) is 14.4. The minimum absolute atomic E-state index is 0.135. The van der Waals surface area contributed by atoms with Gasteiger partial charge in [0.1, 0.15) is 0 Å². The fourth-order valence-electron chi connectivity index (χ4n) is 0.481. The molecule has 0 aliphatic rings. The molecule has 1 atom stereocenters. The Balaban J connectivity index is 3.78. The van der Waals surface area contributed by atoms with E-state index in [0.29, 0.717) is 0 Å². The number of rotatable bonds is 5. The molecule has 0 aliphatic carbocycles. The van der Waals surface area contributed by atoms with Crippen LogP contribution in [0.1, 0.15) is 0 Å². The first-order chi connectivity index (χ1) is 4.99.